The van der Waals surface area contributed by atoms with Crippen molar-refractivity contribution in [3.63, 3.8) is 0 Å². The average molecular weight is 156 g/mol. The third kappa shape index (κ3) is 7.19. The summed E-state index contributed by atoms with van der Waals surface area (Å²) in [7, 11) is 0. The van der Waals surface area contributed by atoms with Crippen LogP contribution in [0, 0.1) is 10.8 Å². The molecule has 0 saturated heterocycles. The third-order valence-electron chi connectivity index (χ3n) is 1.47. The zero-order valence-corrected chi connectivity index (χ0v) is 6.98. The lowest BCUT2D eigenvalue weighted by atomic mass is 10.1. The van der Waals surface area contributed by atoms with Crippen molar-refractivity contribution in [2.45, 2.75) is 32.6 Å². The fourth-order valence-electron chi connectivity index (χ4n) is 0.808. The predicted molar refractivity (Wildman–Crippen MR) is 46.7 cm³/mol. The van der Waals surface area contributed by atoms with Crippen LogP contribution in [0.25, 0.3) is 0 Å². The van der Waals surface area contributed by atoms with Crippen LogP contribution < -0.4 is 0 Å². The van der Waals surface area contributed by atoms with Gasteiger partial charge in [-0.05, 0) is 32.6 Å². The lowest BCUT2D eigenvalue weighted by molar-refractivity contribution is 0.353. The van der Waals surface area contributed by atoms with Crippen molar-refractivity contribution in [3.05, 3.63) is 0 Å². The van der Waals surface area contributed by atoms with Crippen LogP contribution in [0.2, 0.25) is 0 Å². The first kappa shape index (κ1) is 10.3. The average Bonchev–Trinajstić information content (AvgIpc) is 1.97. The molecule has 0 unspecified atom stereocenters. The molecule has 0 aliphatic carbocycles. The summed E-state index contributed by atoms with van der Waals surface area (Å²) in [4.78, 5) is 0. The largest absolute Gasteiger partial charge is 0.390 e. The van der Waals surface area contributed by atoms with Gasteiger partial charge in [0.2, 0.25) is 0 Å². The van der Waals surface area contributed by atoms with Gasteiger partial charge in [-0.2, -0.15) is 0 Å². The molecular formula is C8H16N2O. The molecule has 0 saturated carbocycles. The van der Waals surface area contributed by atoms with E-state index in [0.717, 1.165) is 19.3 Å². The second-order valence-electron chi connectivity index (χ2n) is 2.75. The second-order valence-corrected chi connectivity index (χ2v) is 2.75. The summed E-state index contributed by atoms with van der Waals surface area (Å²) in [5, 5.41) is 22.7. The van der Waals surface area contributed by atoms with Gasteiger partial charge in [-0.25, -0.2) is 0 Å². The van der Waals surface area contributed by atoms with Gasteiger partial charge in [0.05, 0.1) is 6.61 Å². The van der Waals surface area contributed by atoms with Gasteiger partial charge in [-0.1, -0.05) is 0 Å². The molecule has 0 heterocycles. The van der Waals surface area contributed by atoms with Gasteiger partial charge in [0.25, 0.3) is 0 Å². The highest BCUT2D eigenvalue weighted by molar-refractivity contribution is 5.82. The van der Waals surface area contributed by atoms with Crippen LogP contribution in [0.15, 0.2) is 0 Å². The first-order valence-electron chi connectivity index (χ1n) is 3.88. The number of aliphatic hydroxyl groups is 1. The number of unbranched alkanes of at least 4 members (excludes halogenated alkanes) is 1. The fourth-order valence-corrected chi connectivity index (χ4v) is 0.808. The van der Waals surface area contributed by atoms with E-state index in [2.05, 4.69) is 0 Å². The second kappa shape index (κ2) is 6.04. The van der Waals surface area contributed by atoms with Crippen molar-refractivity contribution < 1.29 is 5.11 Å². The van der Waals surface area contributed by atoms with Crippen LogP contribution in [0.5, 0.6) is 0 Å². The quantitative estimate of drug-likeness (QED) is 0.397. The summed E-state index contributed by atoms with van der Waals surface area (Å²) in [6.07, 6.45) is 3.36. The lowest BCUT2D eigenvalue weighted by Crippen LogP contribution is -2.02. The summed E-state index contributed by atoms with van der Waals surface area (Å²) in [5.74, 6) is 0. The summed E-state index contributed by atoms with van der Waals surface area (Å²) in [6.45, 7) is 1.67. The van der Waals surface area contributed by atoms with Crippen LogP contribution >= 0.6 is 0 Å². The molecule has 64 valence electrons. The highest BCUT2D eigenvalue weighted by Gasteiger charge is 1.94. The standard InChI is InChI=1S/C8H16N2O/c1-7(9)4-2-3-5-8(10)6-11/h9-11H,2-6H2,1H3. The van der Waals surface area contributed by atoms with Crippen LogP contribution in [0.4, 0.5) is 0 Å². The number of hydrogen-bond acceptors (Lipinski definition) is 3. The third-order valence-corrected chi connectivity index (χ3v) is 1.47. The minimum Gasteiger partial charge on any atom is -0.390 e. The monoisotopic (exact) mass is 156 g/mol. The van der Waals surface area contributed by atoms with Crippen molar-refractivity contribution in [1.82, 2.24) is 0 Å². The fraction of sp³-hybridized carbons (Fsp3) is 0.750. The van der Waals surface area contributed by atoms with E-state index in [1.54, 1.807) is 6.92 Å². The van der Waals surface area contributed by atoms with E-state index in [9.17, 15) is 0 Å². The Morgan fingerprint density at radius 2 is 1.73 bits per heavy atom. The molecule has 3 N–H and O–H groups in total. The van der Waals surface area contributed by atoms with Gasteiger partial charge < -0.3 is 15.9 Å². The number of rotatable bonds is 6. The topological polar surface area (TPSA) is 67.9 Å². The van der Waals surface area contributed by atoms with Crippen molar-refractivity contribution in [2.24, 2.45) is 0 Å². The Morgan fingerprint density at radius 1 is 1.18 bits per heavy atom. The van der Waals surface area contributed by atoms with Crippen LogP contribution in [-0.2, 0) is 0 Å². The molecule has 0 radical (unpaired) electrons. The van der Waals surface area contributed by atoms with E-state index in [0.29, 0.717) is 17.8 Å². The maximum absolute atomic E-state index is 8.48. The Labute approximate surface area is 67.5 Å². The number of nitrogens with one attached hydrogen (secondary N) is 2. The van der Waals surface area contributed by atoms with Gasteiger partial charge in [0.1, 0.15) is 0 Å². The molecule has 0 aliphatic heterocycles. The number of aliphatic hydroxyl groups excluding tert-OH is 1. The lowest BCUT2D eigenvalue weighted by Gasteiger charge is -1.99. The first-order valence-corrected chi connectivity index (χ1v) is 3.88. The molecule has 0 spiro atoms. The van der Waals surface area contributed by atoms with Crippen LogP contribution in [0.3, 0.4) is 0 Å². The molecule has 0 aromatic heterocycles. The van der Waals surface area contributed by atoms with Gasteiger partial charge in [0, 0.05) is 11.4 Å². The van der Waals surface area contributed by atoms with E-state index in [1.165, 1.54) is 0 Å². The SMILES string of the molecule is CC(=N)CCCCC(=N)CO. The Bertz CT molecular complexity index is 143. The van der Waals surface area contributed by atoms with E-state index in [4.69, 9.17) is 15.9 Å². The first-order chi connectivity index (χ1) is 5.16. The molecule has 3 nitrogen and oxygen atoms in total. The zero-order valence-electron chi connectivity index (χ0n) is 6.98. The van der Waals surface area contributed by atoms with E-state index >= 15 is 0 Å². The van der Waals surface area contributed by atoms with Gasteiger partial charge in [-0.3, -0.25) is 0 Å². The molecule has 3 heteroatoms. The Hall–Kier alpha value is -0.700. The molecule has 0 amide bonds. The predicted octanol–water partition coefficient (Wildman–Crippen LogP) is 1.60. The molecular weight excluding hydrogens is 140 g/mol. The van der Waals surface area contributed by atoms with Gasteiger partial charge in [-0.15, -0.1) is 0 Å². The molecule has 0 aromatic carbocycles. The summed E-state index contributed by atoms with van der Waals surface area (Å²) < 4.78 is 0. The maximum atomic E-state index is 8.48. The minimum absolute atomic E-state index is 0.121. The van der Waals surface area contributed by atoms with Crippen molar-refractivity contribution >= 4 is 11.4 Å². The van der Waals surface area contributed by atoms with E-state index in [-0.39, 0.29) is 6.61 Å². The van der Waals surface area contributed by atoms with Gasteiger partial charge >= 0.3 is 0 Å². The molecule has 0 bridgehead atoms. The van der Waals surface area contributed by atoms with E-state index < -0.39 is 0 Å². The maximum Gasteiger partial charge on any atom is 0.0806 e. The smallest absolute Gasteiger partial charge is 0.0806 e. The Morgan fingerprint density at radius 3 is 2.18 bits per heavy atom. The Kier molecular flexibility index (Phi) is 5.65. The Balaban J connectivity index is 3.14. The number of hydrogen-bond donors (Lipinski definition) is 3. The van der Waals surface area contributed by atoms with Crippen LogP contribution in [0.1, 0.15) is 32.6 Å². The molecule has 0 aromatic rings. The molecule has 0 atom stereocenters. The molecule has 11 heavy (non-hydrogen) atoms. The van der Waals surface area contributed by atoms with Crippen molar-refractivity contribution in [1.29, 1.82) is 10.8 Å². The molecule has 0 rings (SSSR count). The molecule has 0 aliphatic rings. The highest BCUT2D eigenvalue weighted by atomic mass is 16.3. The minimum atomic E-state index is -0.121. The highest BCUT2D eigenvalue weighted by Crippen LogP contribution is 2.00. The van der Waals surface area contributed by atoms with Crippen molar-refractivity contribution in [3.8, 4) is 0 Å². The molecule has 0 fully saturated rings. The van der Waals surface area contributed by atoms with Crippen molar-refractivity contribution in [2.75, 3.05) is 6.61 Å². The summed E-state index contributed by atoms with van der Waals surface area (Å²) >= 11 is 0. The normalized spacial score (nSPS) is 9.64. The van der Waals surface area contributed by atoms with E-state index in [1.807, 2.05) is 0 Å². The van der Waals surface area contributed by atoms with Gasteiger partial charge in [0.15, 0.2) is 0 Å². The van der Waals surface area contributed by atoms with Crippen LogP contribution in [-0.4, -0.2) is 23.1 Å². The zero-order chi connectivity index (χ0) is 8.69. The summed E-state index contributed by atoms with van der Waals surface area (Å²) in [5.41, 5.74) is 1.09. The summed E-state index contributed by atoms with van der Waals surface area (Å²) in [6, 6.07) is 0.